The van der Waals surface area contributed by atoms with Crippen LogP contribution in [0.2, 0.25) is 0 Å². The van der Waals surface area contributed by atoms with E-state index < -0.39 is 10.0 Å². The van der Waals surface area contributed by atoms with Gasteiger partial charge in [0.1, 0.15) is 4.21 Å². The Bertz CT molecular complexity index is 805. The van der Waals surface area contributed by atoms with Gasteiger partial charge in [0.15, 0.2) is 0 Å². The molecule has 0 aliphatic carbocycles. The molecule has 1 fully saturated rings. The normalized spacial score (nSPS) is 16.2. The predicted molar refractivity (Wildman–Crippen MR) is 105 cm³/mol. The summed E-state index contributed by atoms with van der Waals surface area (Å²) in [6.45, 7) is 4.52. The molecule has 7 heteroatoms. The molecule has 0 bridgehead atoms. The summed E-state index contributed by atoms with van der Waals surface area (Å²) in [5, 5.41) is 0. The first kappa shape index (κ1) is 18.2. The number of aryl methyl sites for hydroxylation is 1. The summed E-state index contributed by atoms with van der Waals surface area (Å²) in [5.74, 6) is 0. The Labute approximate surface area is 154 Å². The molecule has 2 aromatic rings. The van der Waals surface area contributed by atoms with Crippen molar-refractivity contribution in [3.63, 3.8) is 0 Å². The highest BCUT2D eigenvalue weighted by Crippen LogP contribution is 2.27. The van der Waals surface area contributed by atoms with Gasteiger partial charge in [-0.1, -0.05) is 6.92 Å². The predicted octanol–water partition coefficient (Wildman–Crippen LogP) is 2.89. The van der Waals surface area contributed by atoms with Gasteiger partial charge in [0.2, 0.25) is 0 Å². The molecule has 3 rings (SSSR count). The van der Waals surface area contributed by atoms with Crippen LogP contribution in [0, 0.1) is 0 Å². The lowest BCUT2D eigenvalue weighted by atomic mass is 10.2. The van der Waals surface area contributed by atoms with E-state index in [1.165, 1.54) is 11.3 Å². The Morgan fingerprint density at radius 1 is 1.00 bits per heavy atom. The van der Waals surface area contributed by atoms with Crippen molar-refractivity contribution < 1.29 is 8.42 Å². The van der Waals surface area contributed by atoms with Crippen LogP contribution >= 0.6 is 11.3 Å². The molecule has 0 N–H and O–H groups in total. The Hall–Kier alpha value is -1.57. The largest absolute Gasteiger partial charge is 0.378 e. The lowest BCUT2D eigenvalue weighted by Gasteiger charge is -2.35. The van der Waals surface area contributed by atoms with E-state index in [-0.39, 0.29) is 0 Å². The number of anilines is 2. The van der Waals surface area contributed by atoms with E-state index in [0.29, 0.717) is 30.4 Å². The van der Waals surface area contributed by atoms with Gasteiger partial charge in [-0.3, -0.25) is 0 Å². The smallest absolute Gasteiger partial charge is 0.252 e. The van der Waals surface area contributed by atoms with Crippen LogP contribution in [0.25, 0.3) is 0 Å². The van der Waals surface area contributed by atoms with Gasteiger partial charge in [-0.05, 0) is 42.8 Å². The highest BCUT2D eigenvalue weighted by molar-refractivity contribution is 7.91. The number of sulfonamides is 1. The number of rotatable bonds is 5. The molecule has 136 valence electrons. The summed E-state index contributed by atoms with van der Waals surface area (Å²) < 4.78 is 27.7. The lowest BCUT2D eigenvalue weighted by Crippen LogP contribution is -2.48. The van der Waals surface area contributed by atoms with Gasteiger partial charge in [0.25, 0.3) is 10.0 Å². The van der Waals surface area contributed by atoms with E-state index in [1.807, 2.05) is 27.1 Å². The zero-order valence-electron chi connectivity index (χ0n) is 15.0. The lowest BCUT2D eigenvalue weighted by molar-refractivity contribution is 0.386. The quantitative estimate of drug-likeness (QED) is 0.801. The molecule has 0 radical (unpaired) electrons. The fraction of sp³-hybridized carbons (Fsp3) is 0.444. The zero-order chi connectivity index (χ0) is 18.0. The molecule has 2 heterocycles. The van der Waals surface area contributed by atoms with Crippen LogP contribution in [0.5, 0.6) is 0 Å². The maximum atomic E-state index is 12.8. The van der Waals surface area contributed by atoms with Gasteiger partial charge in [0.05, 0.1) is 0 Å². The molecule has 1 saturated heterocycles. The molecule has 1 aromatic carbocycles. The maximum absolute atomic E-state index is 12.8. The van der Waals surface area contributed by atoms with E-state index in [2.05, 4.69) is 34.1 Å². The molecule has 0 unspecified atom stereocenters. The molecule has 0 amide bonds. The maximum Gasteiger partial charge on any atom is 0.252 e. The van der Waals surface area contributed by atoms with Crippen molar-refractivity contribution >= 4 is 32.7 Å². The number of nitrogens with zero attached hydrogens (tertiary/aromatic N) is 3. The van der Waals surface area contributed by atoms with Gasteiger partial charge in [0, 0.05) is 56.5 Å². The molecule has 0 saturated carbocycles. The number of thiophene rings is 1. The second-order valence-electron chi connectivity index (χ2n) is 6.38. The highest BCUT2D eigenvalue weighted by Gasteiger charge is 2.29. The molecule has 5 nitrogen and oxygen atoms in total. The van der Waals surface area contributed by atoms with Gasteiger partial charge in [-0.15, -0.1) is 11.3 Å². The summed E-state index contributed by atoms with van der Waals surface area (Å²) >= 11 is 1.39. The minimum atomic E-state index is -3.36. The van der Waals surface area contributed by atoms with Crippen molar-refractivity contribution in [2.24, 2.45) is 0 Å². The fourth-order valence-electron chi connectivity index (χ4n) is 2.96. The van der Waals surface area contributed by atoms with Crippen LogP contribution in [0.3, 0.4) is 0 Å². The van der Waals surface area contributed by atoms with Crippen LogP contribution in [0.15, 0.2) is 40.6 Å². The fourth-order valence-corrected chi connectivity index (χ4v) is 5.83. The first-order chi connectivity index (χ1) is 11.9. The SMILES string of the molecule is CCc1ccc(S(=O)(=O)N2CCN(c3ccc(N(C)C)cc3)CC2)s1. The van der Waals surface area contributed by atoms with E-state index in [0.717, 1.165) is 22.7 Å². The molecule has 1 aromatic heterocycles. The third-order valence-electron chi connectivity index (χ3n) is 4.55. The standard InChI is InChI=1S/C18H25N3O2S2/c1-4-17-9-10-18(24-17)25(22,23)21-13-11-20(12-14-21)16-7-5-15(6-8-16)19(2)3/h5-10H,4,11-14H2,1-3H3. The third-order valence-corrected chi connectivity index (χ3v) is 8.15. The molecular weight excluding hydrogens is 354 g/mol. The van der Waals surface area contributed by atoms with E-state index in [9.17, 15) is 8.42 Å². The molecular formula is C18H25N3O2S2. The molecule has 1 aliphatic rings. The van der Waals surface area contributed by atoms with Crippen LogP contribution in [0.1, 0.15) is 11.8 Å². The van der Waals surface area contributed by atoms with Crippen LogP contribution < -0.4 is 9.80 Å². The van der Waals surface area contributed by atoms with E-state index in [4.69, 9.17) is 0 Å². The third kappa shape index (κ3) is 3.83. The summed E-state index contributed by atoms with van der Waals surface area (Å²) in [5.41, 5.74) is 2.31. The number of benzene rings is 1. The van der Waals surface area contributed by atoms with Gasteiger partial charge < -0.3 is 9.80 Å². The molecule has 25 heavy (non-hydrogen) atoms. The van der Waals surface area contributed by atoms with Crippen molar-refractivity contribution in [1.29, 1.82) is 0 Å². The number of piperazine rings is 1. The van der Waals surface area contributed by atoms with Crippen molar-refractivity contribution in [3.05, 3.63) is 41.3 Å². The zero-order valence-corrected chi connectivity index (χ0v) is 16.6. The summed E-state index contributed by atoms with van der Waals surface area (Å²) in [6.07, 6.45) is 0.872. The minimum Gasteiger partial charge on any atom is -0.378 e. The number of hydrogen-bond donors (Lipinski definition) is 0. The molecule has 1 aliphatic heterocycles. The van der Waals surface area contributed by atoms with Crippen LogP contribution in [-0.2, 0) is 16.4 Å². The Morgan fingerprint density at radius 3 is 2.16 bits per heavy atom. The average Bonchev–Trinajstić information content (AvgIpc) is 3.12. The Morgan fingerprint density at radius 2 is 1.64 bits per heavy atom. The van der Waals surface area contributed by atoms with E-state index >= 15 is 0 Å². The molecule has 0 atom stereocenters. The summed E-state index contributed by atoms with van der Waals surface area (Å²) in [4.78, 5) is 5.43. The number of hydrogen-bond acceptors (Lipinski definition) is 5. The topological polar surface area (TPSA) is 43.9 Å². The van der Waals surface area contributed by atoms with Gasteiger partial charge in [-0.25, -0.2) is 8.42 Å². The average molecular weight is 380 g/mol. The monoisotopic (exact) mass is 379 g/mol. The van der Waals surface area contributed by atoms with Crippen molar-refractivity contribution in [3.8, 4) is 0 Å². The van der Waals surface area contributed by atoms with Gasteiger partial charge in [-0.2, -0.15) is 4.31 Å². The van der Waals surface area contributed by atoms with Crippen molar-refractivity contribution in [2.75, 3.05) is 50.1 Å². The van der Waals surface area contributed by atoms with Crippen LogP contribution in [0.4, 0.5) is 11.4 Å². The molecule has 0 spiro atoms. The summed E-state index contributed by atoms with van der Waals surface area (Å²) in [7, 11) is 0.686. The Kier molecular flexibility index (Phi) is 5.36. The van der Waals surface area contributed by atoms with E-state index in [1.54, 1.807) is 10.4 Å². The summed E-state index contributed by atoms with van der Waals surface area (Å²) in [6, 6.07) is 12.1. The minimum absolute atomic E-state index is 0.466. The second-order valence-corrected chi connectivity index (χ2v) is 9.71. The van der Waals surface area contributed by atoms with Crippen molar-refractivity contribution in [2.45, 2.75) is 17.6 Å². The highest BCUT2D eigenvalue weighted by atomic mass is 32.2. The van der Waals surface area contributed by atoms with Crippen molar-refractivity contribution in [1.82, 2.24) is 4.31 Å². The Balaban J connectivity index is 1.66. The second kappa shape index (κ2) is 7.35. The van der Waals surface area contributed by atoms with Gasteiger partial charge >= 0.3 is 0 Å². The first-order valence-electron chi connectivity index (χ1n) is 8.53. The van der Waals surface area contributed by atoms with Crippen LogP contribution in [-0.4, -0.2) is 53.0 Å². The first-order valence-corrected chi connectivity index (χ1v) is 10.8.